The first-order valence-corrected chi connectivity index (χ1v) is 7.30. The Morgan fingerprint density at radius 2 is 1.94 bits per heavy atom. The number of hydrogen-bond donors (Lipinski definition) is 2. The van der Waals surface area contributed by atoms with Crippen LogP contribution in [-0.4, -0.2) is 42.2 Å². The number of hydrogen-bond acceptors (Lipinski definition) is 4. The maximum Gasteiger partial charge on any atom is 0.310 e. The molecule has 0 spiro atoms. The molecule has 0 amide bonds. The van der Waals surface area contributed by atoms with Crippen molar-refractivity contribution in [3.63, 3.8) is 0 Å². The van der Waals surface area contributed by atoms with Crippen LogP contribution < -0.4 is 0 Å². The van der Waals surface area contributed by atoms with Crippen LogP contribution in [0.15, 0.2) is 0 Å². The second-order valence-corrected chi connectivity index (χ2v) is 7.21. The van der Waals surface area contributed by atoms with Gasteiger partial charge in [0.15, 0.2) is 9.84 Å². The minimum atomic E-state index is -3.09. The Bertz CT molecular complexity index is 393. The lowest BCUT2D eigenvalue weighted by atomic mass is 9.59. The van der Waals surface area contributed by atoms with Crippen molar-refractivity contribution in [3.8, 4) is 0 Å². The number of rotatable bonds is 2. The van der Waals surface area contributed by atoms with E-state index < -0.39 is 27.3 Å². The van der Waals surface area contributed by atoms with Crippen LogP contribution >= 0.6 is 0 Å². The SMILES string of the molecule is O=C(O)C1(C2CCCS(=O)(=O)C2)CC(O)C1. The van der Waals surface area contributed by atoms with Crippen LogP contribution in [0.3, 0.4) is 0 Å². The predicted molar refractivity (Wildman–Crippen MR) is 56.7 cm³/mol. The molecule has 1 aliphatic carbocycles. The van der Waals surface area contributed by atoms with Crippen molar-refractivity contribution in [1.82, 2.24) is 0 Å². The van der Waals surface area contributed by atoms with Crippen LogP contribution in [0.2, 0.25) is 0 Å². The minimum absolute atomic E-state index is 0.0357. The van der Waals surface area contributed by atoms with Gasteiger partial charge >= 0.3 is 5.97 Å². The van der Waals surface area contributed by atoms with E-state index in [1.807, 2.05) is 0 Å². The quantitative estimate of drug-likeness (QED) is 0.719. The van der Waals surface area contributed by atoms with Gasteiger partial charge in [0.05, 0.1) is 23.0 Å². The van der Waals surface area contributed by atoms with Gasteiger partial charge in [-0.05, 0) is 31.6 Å². The molecule has 0 bridgehead atoms. The van der Waals surface area contributed by atoms with Gasteiger partial charge in [-0.15, -0.1) is 0 Å². The van der Waals surface area contributed by atoms with E-state index in [2.05, 4.69) is 0 Å². The number of aliphatic hydroxyl groups excluding tert-OH is 1. The van der Waals surface area contributed by atoms with Crippen molar-refractivity contribution in [1.29, 1.82) is 0 Å². The summed E-state index contributed by atoms with van der Waals surface area (Å²) in [5, 5.41) is 18.5. The Balaban J connectivity index is 2.19. The molecule has 6 heteroatoms. The van der Waals surface area contributed by atoms with Crippen LogP contribution in [0.4, 0.5) is 0 Å². The van der Waals surface area contributed by atoms with E-state index in [-0.39, 0.29) is 30.3 Å². The lowest BCUT2D eigenvalue weighted by Crippen LogP contribution is -2.54. The van der Waals surface area contributed by atoms with Crippen LogP contribution in [0, 0.1) is 11.3 Å². The lowest BCUT2D eigenvalue weighted by molar-refractivity contribution is -0.170. The molecule has 0 aromatic heterocycles. The third-order valence-corrected chi connectivity index (χ3v) is 5.69. The fourth-order valence-corrected chi connectivity index (χ4v) is 4.79. The van der Waals surface area contributed by atoms with Gasteiger partial charge in [0.25, 0.3) is 0 Å². The molecule has 2 aliphatic rings. The highest BCUT2D eigenvalue weighted by Crippen LogP contribution is 2.50. The van der Waals surface area contributed by atoms with E-state index in [1.54, 1.807) is 0 Å². The Labute approximate surface area is 94.4 Å². The van der Waals surface area contributed by atoms with Gasteiger partial charge in [-0.1, -0.05) is 0 Å². The Kier molecular flexibility index (Phi) is 2.74. The fourth-order valence-electron chi connectivity index (χ4n) is 2.92. The van der Waals surface area contributed by atoms with Gasteiger partial charge in [-0.3, -0.25) is 4.79 Å². The Morgan fingerprint density at radius 1 is 1.31 bits per heavy atom. The summed E-state index contributed by atoms with van der Waals surface area (Å²) in [6.45, 7) is 0. The summed E-state index contributed by atoms with van der Waals surface area (Å²) < 4.78 is 23.0. The third kappa shape index (κ3) is 1.84. The van der Waals surface area contributed by atoms with Crippen LogP contribution in [-0.2, 0) is 14.6 Å². The molecule has 0 aromatic rings. The van der Waals surface area contributed by atoms with Gasteiger partial charge in [0, 0.05) is 0 Å². The molecule has 2 N–H and O–H groups in total. The highest BCUT2D eigenvalue weighted by Gasteiger charge is 2.56. The summed E-state index contributed by atoms with van der Waals surface area (Å²) in [4.78, 5) is 11.3. The van der Waals surface area contributed by atoms with Crippen molar-refractivity contribution in [3.05, 3.63) is 0 Å². The van der Waals surface area contributed by atoms with Crippen LogP contribution in [0.5, 0.6) is 0 Å². The van der Waals surface area contributed by atoms with Crippen molar-refractivity contribution >= 4 is 15.8 Å². The maximum absolute atomic E-state index is 11.5. The number of aliphatic carboxylic acids is 1. The van der Waals surface area contributed by atoms with Gasteiger partial charge < -0.3 is 10.2 Å². The van der Waals surface area contributed by atoms with E-state index in [9.17, 15) is 23.4 Å². The van der Waals surface area contributed by atoms with Crippen molar-refractivity contribution < 1.29 is 23.4 Å². The highest BCUT2D eigenvalue weighted by molar-refractivity contribution is 7.91. The summed E-state index contributed by atoms with van der Waals surface area (Å²) in [6.07, 6.45) is 0.988. The van der Waals surface area contributed by atoms with Crippen LogP contribution in [0.25, 0.3) is 0 Å². The largest absolute Gasteiger partial charge is 0.481 e. The average Bonchev–Trinajstić information content (AvgIpc) is 2.10. The molecule has 0 radical (unpaired) electrons. The zero-order valence-corrected chi connectivity index (χ0v) is 9.74. The highest BCUT2D eigenvalue weighted by atomic mass is 32.2. The predicted octanol–water partition coefficient (Wildman–Crippen LogP) is 0.0369. The molecule has 1 saturated heterocycles. The van der Waals surface area contributed by atoms with Gasteiger partial charge in [-0.2, -0.15) is 0 Å². The fraction of sp³-hybridized carbons (Fsp3) is 0.900. The van der Waals surface area contributed by atoms with E-state index in [0.29, 0.717) is 12.8 Å². The molecule has 1 atom stereocenters. The zero-order valence-electron chi connectivity index (χ0n) is 8.92. The number of carbonyl (C=O) groups is 1. The molecule has 16 heavy (non-hydrogen) atoms. The maximum atomic E-state index is 11.5. The van der Waals surface area contributed by atoms with Crippen molar-refractivity contribution in [2.24, 2.45) is 11.3 Å². The molecular weight excluding hydrogens is 232 g/mol. The molecule has 1 unspecified atom stereocenters. The molecule has 2 fully saturated rings. The van der Waals surface area contributed by atoms with E-state index in [1.165, 1.54) is 0 Å². The summed E-state index contributed by atoms with van der Waals surface area (Å²) in [7, 11) is -3.09. The first-order valence-electron chi connectivity index (χ1n) is 5.48. The molecule has 5 nitrogen and oxygen atoms in total. The average molecular weight is 248 g/mol. The second-order valence-electron chi connectivity index (χ2n) is 4.98. The normalized spacial score (nSPS) is 42.3. The van der Waals surface area contributed by atoms with Gasteiger partial charge in [0.2, 0.25) is 0 Å². The van der Waals surface area contributed by atoms with Gasteiger partial charge in [-0.25, -0.2) is 8.42 Å². The number of sulfone groups is 1. The van der Waals surface area contributed by atoms with E-state index in [0.717, 1.165) is 0 Å². The third-order valence-electron chi connectivity index (χ3n) is 3.87. The standard InChI is InChI=1S/C10H16O5S/c11-8-4-10(5-8,9(12)13)7-2-1-3-16(14,15)6-7/h7-8,11H,1-6H2,(H,12,13). The summed E-state index contributed by atoms with van der Waals surface area (Å²) in [5.41, 5.74) is -0.993. The first kappa shape index (κ1) is 11.9. The lowest BCUT2D eigenvalue weighted by Gasteiger charge is -2.48. The topological polar surface area (TPSA) is 91.7 Å². The molecule has 1 heterocycles. The second kappa shape index (κ2) is 3.70. The summed E-state index contributed by atoms with van der Waals surface area (Å²) >= 11 is 0. The minimum Gasteiger partial charge on any atom is -0.481 e. The molecule has 0 aromatic carbocycles. The van der Waals surface area contributed by atoms with E-state index >= 15 is 0 Å². The Morgan fingerprint density at radius 3 is 2.38 bits per heavy atom. The molecule has 92 valence electrons. The number of carboxylic acids is 1. The zero-order chi connectivity index (χ0) is 12.0. The monoisotopic (exact) mass is 248 g/mol. The smallest absolute Gasteiger partial charge is 0.310 e. The van der Waals surface area contributed by atoms with Crippen LogP contribution in [0.1, 0.15) is 25.7 Å². The van der Waals surface area contributed by atoms with Crippen molar-refractivity contribution in [2.75, 3.05) is 11.5 Å². The summed E-state index contributed by atoms with van der Waals surface area (Å²) in [5.74, 6) is -1.15. The molecule has 1 saturated carbocycles. The Hall–Kier alpha value is -0.620. The first-order chi connectivity index (χ1) is 7.36. The molecule has 1 aliphatic heterocycles. The number of aliphatic hydroxyl groups is 1. The summed E-state index contributed by atoms with van der Waals surface area (Å²) in [6, 6.07) is 0. The molecule has 2 rings (SSSR count). The van der Waals surface area contributed by atoms with Crippen molar-refractivity contribution in [2.45, 2.75) is 31.8 Å². The molecular formula is C10H16O5S. The van der Waals surface area contributed by atoms with Gasteiger partial charge in [0.1, 0.15) is 0 Å². The van der Waals surface area contributed by atoms with E-state index in [4.69, 9.17) is 0 Å². The number of carboxylic acid groups (broad SMARTS) is 1.